The molecule has 0 bridgehead atoms. The molecule has 0 aromatic carbocycles. The maximum absolute atomic E-state index is 11.6. The molecule has 0 aliphatic heterocycles. The highest BCUT2D eigenvalue weighted by atomic mass is 32.2. The van der Waals surface area contributed by atoms with Gasteiger partial charge in [-0.1, -0.05) is 0 Å². The van der Waals surface area contributed by atoms with E-state index >= 15 is 0 Å². The molecule has 0 unspecified atom stereocenters. The van der Waals surface area contributed by atoms with Gasteiger partial charge in [0.25, 0.3) is 5.91 Å². The fourth-order valence-corrected chi connectivity index (χ4v) is 1.71. The van der Waals surface area contributed by atoms with E-state index < -0.39 is 21.1 Å². The maximum Gasteiger partial charge on any atom is 0.328 e. The lowest BCUT2D eigenvalue weighted by atomic mass is 10.3. The Labute approximate surface area is 113 Å². The Morgan fingerprint density at radius 3 is 2.60 bits per heavy atom. The first-order chi connectivity index (χ1) is 9.47. The monoisotopic (exact) mass is 295 g/mol. The molecule has 2 N–H and O–H groups in total. The predicted molar refractivity (Wildman–Crippen MR) is 67.8 cm³/mol. The molecule has 0 saturated carbocycles. The Bertz CT molecular complexity index is 736. The molecule has 1 amide bonds. The van der Waals surface area contributed by atoms with Crippen molar-refractivity contribution in [2.75, 3.05) is 0 Å². The van der Waals surface area contributed by atoms with E-state index in [9.17, 15) is 13.2 Å². The van der Waals surface area contributed by atoms with Crippen LogP contribution in [0, 0.1) is 0 Å². The van der Waals surface area contributed by atoms with Crippen LogP contribution in [0.5, 0.6) is 0 Å². The highest BCUT2D eigenvalue weighted by molar-refractivity contribution is 7.85. The minimum atomic E-state index is -4.39. The van der Waals surface area contributed by atoms with Crippen LogP contribution in [0.25, 0.3) is 0 Å². The fourth-order valence-electron chi connectivity index (χ4n) is 1.26. The van der Waals surface area contributed by atoms with E-state index in [1.165, 1.54) is 30.6 Å². The minimum Gasteiger partial charge on any atom is -0.441 e. The molecule has 9 heteroatoms. The number of nitrogens with one attached hydrogen (secondary N) is 1. The SMILES string of the molecule is O=C(N/N=C/c1ccc(S(=O)(=O)O)o1)c1ccncc1. The first kappa shape index (κ1) is 13.9. The minimum absolute atomic E-state index is 0.0626. The van der Waals surface area contributed by atoms with E-state index in [4.69, 9.17) is 8.97 Å². The van der Waals surface area contributed by atoms with Crippen LogP contribution < -0.4 is 5.43 Å². The quantitative estimate of drug-likeness (QED) is 0.486. The average molecular weight is 295 g/mol. The molecule has 0 spiro atoms. The van der Waals surface area contributed by atoms with E-state index in [1.807, 2.05) is 0 Å². The Morgan fingerprint density at radius 2 is 2.00 bits per heavy atom. The summed E-state index contributed by atoms with van der Waals surface area (Å²) in [6.07, 6.45) is 4.03. The molecular formula is C11H9N3O5S. The van der Waals surface area contributed by atoms with E-state index in [-0.39, 0.29) is 5.76 Å². The molecule has 0 fully saturated rings. The van der Waals surface area contributed by atoms with Gasteiger partial charge in [-0.15, -0.1) is 0 Å². The molecule has 20 heavy (non-hydrogen) atoms. The average Bonchev–Trinajstić information content (AvgIpc) is 2.88. The van der Waals surface area contributed by atoms with E-state index in [0.29, 0.717) is 5.56 Å². The third-order valence-corrected chi connectivity index (χ3v) is 2.88. The third kappa shape index (κ3) is 3.49. The molecule has 2 aromatic rings. The first-order valence-electron chi connectivity index (χ1n) is 5.27. The highest BCUT2D eigenvalue weighted by Crippen LogP contribution is 2.11. The maximum atomic E-state index is 11.6. The number of hydrogen-bond donors (Lipinski definition) is 2. The Morgan fingerprint density at radius 1 is 1.30 bits per heavy atom. The fraction of sp³-hybridized carbons (Fsp3) is 0. The van der Waals surface area contributed by atoms with Crippen molar-refractivity contribution in [2.24, 2.45) is 5.10 Å². The summed E-state index contributed by atoms with van der Waals surface area (Å²) >= 11 is 0. The van der Waals surface area contributed by atoms with Gasteiger partial charge in [0.15, 0.2) is 0 Å². The third-order valence-electron chi connectivity index (χ3n) is 2.16. The van der Waals surface area contributed by atoms with Crippen LogP contribution >= 0.6 is 0 Å². The van der Waals surface area contributed by atoms with Gasteiger partial charge in [-0.05, 0) is 24.3 Å². The van der Waals surface area contributed by atoms with Crippen LogP contribution in [0.3, 0.4) is 0 Å². The van der Waals surface area contributed by atoms with Crippen LogP contribution in [-0.4, -0.2) is 30.1 Å². The number of hydrazone groups is 1. The van der Waals surface area contributed by atoms with Crippen molar-refractivity contribution in [3.63, 3.8) is 0 Å². The van der Waals surface area contributed by atoms with Gasteiger partial charge in [0.1, 0.15) is 5.76 Å². The summed E-state index contributed by atoms with van der Waals surface area (Å²) in [5, 5.41) is 3.00. The molecule has 0 saturated heterocycles. The van der Waals surface area contributed by atoms with Gasteiger partial charge in [0, 0.05) is 18.0 Å². The largest absolute Gasteiger partial charge is 0.441 e. The molecule has 2 aromatic heterocycles. The number of carbonyl (C=O) groups is 1. The second-order valence-corrected chi connectivity index (χ2v) is 4.92. The first-order valence-corrected chi connectivity index (χ1v) is 6.71. The topological polar surface area (TPSA) is 122 Å². The molecule has 104 valence electrons. The second kappa shape index (κ2) is 5.63. The predicted octanol–water partition coefficient (Wildman–Crippen LogP) is 0.685. The Balaban J connectivity index is 2.01. The molecule has 2 heterocycles. The molecule has 0 radical (unpaired) electrons. The van der Waals surface area contributed by atoms with E-state index in [2.05, 4.69) is 15.5 Å². The lowest BCUT2D eigenvalue weighted by Gasteiger charge is -1.97. The standard InChI is InChI=1S/C11H9N3O5S/c15-11(8-3-5-12-6-4-8)14-13-7-9-1-2-10(19-9)20(16,17)18/h1-7H,(H,14,15)(H,16,17,18)/b13-7+. The van der Waals surface area contributed by atoms with Crippen LogP contribution in [-0.2, 0) is 10.1 Å². The summed E-state index contributed by atoms with van der Waals surface area (Å²) in [5.41, 5.74) is 2.60. The number of aromatic nitrogens is 1. The highest BCUT2D eigenvalue weighted by Gasteiger charge is 2.14. The van der Waals surface area contributed by atoms with Gasteiger partial charge in [-0.3, -0.25) is 14.3 Å². The summed E-state index contributed by atoms with van der Waals surface area (Å²) < 4.78 is 35.0. The van der Waals surface area contributed by atoms with E-state index in [1.54, 1.807) is 0 Å². The number of pyridine rings is 1. The van der Waals surface area contributed by atoms with Crippen LogP contribution in [0.1, 0.15) is 16.1 Å². The molecular weight excluding hydrogens is 286 g/mol. The zero-order valence-electron chi connectivity index (χ0n) is 9.92. The zero-order chi connectivity index (χ0) is 14.6. The normalized spacial score (nSPS) is 11.7. The van der Waals surface area contributed by atoms with Crippen molar-refractivity contribution in [1.82, 2.24) is 10.4 Å². The second-order valence-electron chi connectivity index (χ2n) is 3.57. The van der Waals surface area contributed by atoms with Crippen molar-refractivity contribution in [3.05, 3.63) is 48.0 Å². The molecule has 0 atom stereocenters. The molecule has 0 aliphatic rings. The Kier molecular flexibility index (Phi) is 3.91. The van der Waals surface area contributed by atoms with Gasteiger partial charge < -0.3 is 4.42 Å². The molecule has 8 nitrogen and oxygen atoms in total. The number of furan rings is 1. The van der Waals surface area contributed by atoms with Crippen LogP contribution in [0.2, 0.25) is 0 Å². The zero-order valence-corrected chi connectivity index (χ0v) is 10.7. The Hall–Kier alpha value is -2.52. The van der Waals surface area contributed by atoms with Crippen molar-refractivity contribution in [1.29, 1.82) is 0 Å². The van der Waals surface area contributed by atoms with Crippen molar-refractivity contribution >= 4 is 22.2 Å². The summed E-state index contributed by atoms with van der Waals surface area (Å²) in [7, 11) is -4.39. The van der Waals surface area contributed by atoms with Crippen molar-refractivity contribution < 1.29 is 22.2 Å². The van der Waals surface area contributed by atoms with Gasteiger partial charge in [0.2, 0.25) is 5.09 Å². The summed E-state index contributed by atoms with van der Waals surface area (Å²) in [6.45, 7) is 0. The number of carbonyl (C=O) groups excluding carboxylic acids is 1. The lowest BCUT2D eigenvalue weighted by molar-refractivity contribution is 0.0955. The lowest BCUT2D eigenvalue weighted by Crippen LogP contribution is -2.17. The van der Waals surface area contributed by atoms with Crippen LogP contribution in [0.15, 0.2) is 51.3 Å². The smallest absolute Gasteiger partial charge is 0.328 e. The number of rotatable bonds is 4. The number of hydrogen-bond acceptors (Lipinski definition) is 6. The van der Waals surface area contributed by atoms with Crippen molar-refractivity contribution in [3.8, 4) is 0 Å². The van der Waals surface area contributed by atoms with Gasteiger partial charge in [0.05, 0.1) is 6.21 Å². The number of nitrogens with zero attached hydrogens (tertiary/aromatic N) is 2. The summed E-state index contributed by atoms with van der Waals surface area (Å²) in [5.74, 6) is -0.391. The van der Waals surface area contributed by atoms with Crippen LogP contribution in [0.4, 0.5) is 0 Å². The molecule has 0 aliphatic carbocycles. The summed E-state index contributed by atoms with van der Waals surface area (Å²) in [6, 6.07) is 5.37. The van der Waals surface area contributed by atoms with Gasteiger partial charge >= 0.3 is 10.1 Å². The number of amides is 1. The summed E-state index contributed by atoms with van der Waals surface area (Å²) in [4.78, 5) is 15.3. The van der Waals surface area contributed by atoms with E-state index in [0.717, 1.165) is 12.3 Å². The van der Waals surface area contributed by atoms with Gasteiger partial charge in [-0.25, -0.2) is 5.43 Å². The van der Waals surface area contributed by atoms with Gasteiger partial charge in [-0.2, -0.15) is 13.5 Å². The molecule has 2 rings (SSSR count). The van der Waals surface area contributed by atoms with Crippen molar-refractivity contribution in [2.45, 2.75) is 5.09 Å².